The first-order valence-electron chi connectivity index (χ1n) is 11.1. The highest BCUT2D eigenvalue weighted by Crippen LogP contribution is 2.30. The lowest BCUT2D eigenvalue weighted by Crippen LogP contribution is -2.29. The van der Waals surface area contributed by atoms with Crippen molar-refractivity contribution in [2.45, 2.75) is 13.5 Å². The van der Waals surface area contributed by atoms with Gasteiger partial charge < -0.3 is 10.1 Å². The number of para-hydroxylation sites is 1. The second kappa shape index (κ2) is 9.30. The third-order valence-corrected chi connectivity index (χ3v) is 5.58. The molecule has 0 saturated carbocycles. The van der Waals surface area contributed by atoms with Gasteiger partial charge in [-0.15, -0.1) is 0 Å². The molecule has 0 spiro atoms. The molecule has 1 aliphatic heterocycles. The molecule has 9 nitrogen and oxygen atoms in total. The summed E-state index contributed by atoms with van der Waals surface area (Å²) in [5.41, 5.74) is 2.81. The van der Waals surface area contributed by atoms with Crippen molar-refractivity contribution in [2.24, 2.45) is 0 Å². The zero-order chi connectivity index (χ0) is 25.2. The molecule has 5 rings (SSSR count). The molecule has 4 aromatic rings. The summed E-state index contributed by atoms with van der Waals surface area (Å²) in [7, 11) is 0. The van der Waals surface area contributed by atoms with E-state index in [1.54, 1.807) is 41.2 Å². The van der Waals surface area contributed by atoms with Gasteiger partial charge in [0.1, 0.15) is 12.3 Å². The Balaban J connectivity index is 1.29. The van der Waals surface area contributed by atoms with Crippen LogP contribution in [0.1, 0.15) is 43.7 Å². The zero-order valence-corrected chi connectivity index (χ0v) is 19.2. The van der Waals surface area contributed by atoms with Crippen molar-refractivity contribution >= 4 is 35.1 Å². The Kier molecular flexibility index (Phi) is 5.87. The normalized spacial score (nSPS) is 12.4. The summed E-state index contributed by atoms with van der Waals surface area (Å²) >= 11 is 0. The smallest absolute Gasteiger partial charge is 0.338 e. The van der Waals surface area contributed by atoms with Crippen molar-refractivity contribution in [1.29, 1.82) is 0 Å². The number of carbonyl (C=O) groups excluding carboxylic acids is 4. The number of hydrogen-bond donors (Lipinski definition) is 1. The SMILES string of the molecule is CC(=O)Nc1ccc(N2C(=O)c3ccc(C(=O)OCc4ccn(-c5ccccc5)n4)cc3C2=O)cc1. The third kappa shape index (κ3) is 4.37. The molecule has 0 fully saturated rings. The van der Waals surface area contributed by atoms with Gasteiger partial charge in [-0.3, -0.25) is 14.4 Å². The molecule has 2 heterocycles. The number of aromatic nitrogens is 2. The van der Waals surface area contributed by atoms with Gasteiger partial charge in [0.2, 0.25) is 5.91 Å². The van der Waals surface area contributed by atoms with Crippen molar-refractivity contribution in [3.63, 3.8) is 0 Å². The Morgan fingerprint density at radius 1 is 0.861 bits per heavy atom. The molecule has 0 radical (unpaired) electrons. The van der Waals surface area contributed by atoms with E-state index in [1.165, 1.54) is 25.1 Å². The summed E-state index contributed by atoms with van der Waals surface area (Å²) in [6, 6.07) is 21.9. The minimum atomic E-state index is -0.634. The van der Waals surface area contributed by atoms with E-state index in [4.69, 9.17) is 4.74 Å². The van der Waals surface area contributed by atoms with E-state index in [2.05, 4.69) is 10.4 Å². The molecule has 0 saturated heterocycles. The predicted octanol–water partition coefficient (Wildman–Crippen LogP) is 3.99. The van der Waals surface area contributed by atoms with Crippen LogP contribution >= 0.6 is 0 Å². The highest BCUT2D eigenvalue weighted by molar-refractivity contribution is 6.34. The quantitative estimate of drug-likeness (QED) is 0.330. The Hall–Kier alpha value is -5.05. The number of hydrogen-bond acceptors (Lipinski definition) is 6. The molecule has 178 valence electrons. The van der Waals surface area contributed by atoms with Crippen LogP contribution in [0.15, 0.2) is 85.1 Å². The molecule has 36 heavy (non-hydrogen) atoms. The molecule has 1 aliphatic rings. The molecule has 0 unspecified atom stereocenters. The number of rotatable bonds is 6. The Morgan fingerprint density at radius 3 is 2.31 bits per heavy atom. The van der Waals surface area contributed by atoms with Gasteiger partial charge >= 0.3 is 5.97 Å². The minimum absolute atomic E-state index is 0.0462. The fourth-order valence-corrected chi connectivity index (χ4v) is 3.89. The Labute approximate surface area is 205 Å². The lowest BCUT2D eigenvalue weighted by Gasteiger charge is -2.14. The fraction of sp³-hybridized carbons (Fsp3) is 0.0741. The van der Waals surface area contributed by atoms with Crippen LogP contribution in [-0.4, -0.2) is 33.5 Å². The summed E-state index contributed by atoms with van der Waals surface area (Å²) in [4.78, 5) is 50.8. The second-order valence-corrected chi connectivity index (χ2v) is 8.10. The average Bonchev–Trinajstić information content (AvgIpc) is 3.46. The third-order valence-electron chi connectivity index (χ3n) is 5.58. The van der Waals surface area contributed by atoms with Crippen LogP contribution in [0.3, 0.4) is 0 Å². The van der Waals surface area contributed by atoms with Crippen LogP contribution in [0.4, 0.5) is 11.4 Å². The molecule has 0 atom stereocenters. The summed E-state index contributed by atoms with van der Waals surface area (Å²) in [5, 5.41) is 7.03. The van der Waals surface area contributed by atoms with E-state index in [0.717, 1.165) is 10.6 Å². The molecule has 0 aliphatic carbocycles. The van der Waals surface area contributed by atoms with E-state index in [-0.39, 0.29) is 29.2 Å². The number of anilines is 2. The molecular weight excluding hydrogens is 460 g/mol. The lowest BCUT2D eigenvalue weighted by atomic mass is 10.1. The first-order chi connectivity index (χ1) is 17.4. The van der Waals surface area contributed by atoms with Crippen LogP contribution in [-0.2, 0) is 16.1 Å². The Bertz CT molecular complexity index is 1490. The van der Waals surface area contributed by atoms with Crippen molar-refractivity contribution in [1.82, 2.24) is 9.78 Å². The van der Waals surface area contributed by atoms with Crippen LogP contribution in [0, 0.1) is 0 Å². The maximum atomic E-state index is 13.0. The summed E-state index contributed by atoms with van der Waals surface area (Å²) in [6.07, 6.45) is 1.77. The maximum absolute atomic E-state index is 13.0. The largest absolute Gasteiger partial charge is 0.456 e. The van der Waals surface area contributed by atoms with Crippen molar-refractivity contribution < 1.29 is 23.9 Å². The first-order valence-corrected chi connectivity index (χ1v) is 11.1. The van der Waals surface area contributed by atoms with Crippen LogP contribution in [0.25, 0.3) is 5.69 Å². The monoisotopic (exact) mass is 480 g/mol. The lowest BCUT2D eigenvalue weighted by molar-refractivity contribution is -0.114. The van der Waals surface area contributed by atoms with E-state index >= 15 is 0 Å². The second-order valence-electron chi connectivity index (χ2n) is 8.10. The summed E-state index contributed by atoms with van der Waals surface area (Å²) < 4.78 is 7.06. The van der Waals surface area contributed by atoms with Gasteiger partial charge in [-0.05, 0) is 60.7 Å². The van der Waals surface area contributed by atoms with E-state index < -0.39 is 17.8 Å². The van der Waals surface area contributed by atoms with Crippen molar-refractivity contribution in [3.05, 3.63) is 107 Å². The van der Waals surface area contributed by atoms with E-state index in [0.29, 0.717) is 17.1 Å². The standard InChI is InChI=1S/C27H20N4O5/c1-17(32)28-19-8-10-22(11-9-19)31-25(33)23-12-7-18(15-24(23)26(31)34)27(35)36-16-20-13-14-30(29-20)21-5-3-2-4-6-21/h2-15H,16H2,1H3,(H,28,32). The molecule has 1 aromatic heterocycles. The molecule has 0 bridgehead atoms. The number of amides is 3. The fourth-order valence-electron chi connectivity index (χ4n) is 3.89. The first kappa shape index (κ1) is 22.7. The molecule has 1 N–H and O–H groups in total. The molecule has 3 amide bonds. The average molecular weight is 480 g/mol. The number of imide groups is 1. The molecule has 9 heteroatoms. The minimum Gasteiger partial charge on any atom is -0.456 e. The van der Waals surface area contributed by atoms with Gasteiger partial charge in [0.25, 0.3) is 11.8 Å². The summed E-state index contributed by atoms with van der Waals surface area (Å²) in [6.45, 7) is 1.34. The number of nitrogens with one attached hydrogen (secondary N) is 1. The van der Waals surface area contributed by atoms with Gasteiger partial charge in [0.05, 0.1) is 28.1 Å². The van der Waals surface area contributed by atoms with Crippen LogP contribution in [0.5, 0.6) is 0 Å². The van der Waals surface area contributed by atoms with Gasteiger partial charge in [0, 0.05) is 18.8 Å². The predicted molar refractivity (Wildman–Crippen MR) is 131 cm³/mol. The van der Waals surface area contributed by atoms with E-state index in [1.807, 2.05) is 30.3 Å². The van der Waals surface area contributed by atoms with Gasteiger partial charge in [0.15, 0.2) is 0 Å². The topological polar surface area (TPSA) is 111 Å². The Morgan fingerprint density at radius 2 is 1.58 bits per heavy atom. The molecule has 3 aromatic carbocycles. The highest BCUT2D eigenvalue weighted by Gasteiger charge is 2.37. The number of benzene rings is 3. The van der Waals surface area contributed by atoms with Crippen LogP contribution < -0.4 is 10.2 Å². The van der Waals surface area contributed by atoms with E-state index in [9.17, 15) is 19.2 Å². The zero-order valence-electron chi connectivity index (χ0n) is 19.2. The number of carbonyl (C=O) groups is 4. The van der Waals surface area contributed by atoms with Crippen molar-refractivity contribution in [2.75, 3.05) is 10.2 Å². The van der Waals surface area contributed by atoms with Crippen LogP contribution in [0.2, 0.25) is 0 Å². The number of fused-ring (bicyclic) bond motifs is 1. The maximum Gasteiger partial charge on any atom is 0.338 e. The number of ether oxygens (including phenoxy) is 1. The van der Waals surface area contributed by atoms with Crippen molar-refractivity contribution in [3.8, 4) is 5.69 Å². The summed E-state index contributed by atoms with van der Waals surface area (Å²) in [5.74, 6) is -1.90. The number of nitrogens with zero attached hydrogens (tertiary/aromatic N) is 3. The molecular formula is C27H20N4O5. The van der Waals surface area contributed by atoms with Gasteiger partial charge in [-0.2, -0.15) is 5.10 Å². The van der Waals surface area contributed by atoms with Gasteiger partial charge in [-0.25, -0.2) is 14.4 Å². The number of esters is 1. The van der Waals surface area contributed by atoms with Gasteiger partial charge in [-0.1, -0.05) is 18.2 Å². The highest BCUT2D eigenvalue weighted by atomic mass is 16.5.